The summed E-state index contributed by atoms with van der Waals surface area (Å²) < 4.78 is 4.74. The zero-order chi connectivity index (χ0) is 15.0. The molecular formula is C12H22N2O5. The molecule has 7 heteroatoms. The van der Waals surface area contributed by atoms with Crippen LogP contribution in [-0.2, 0) is 14.3 Å². The van der Waals surface area contributed by atoms with Gasteiger partial charge in [-0.3, -0.25) is 4.79 Å². The third-order valence-corrected chi connectivity index (χ3v) is 2.52. The van der Waals surface area contributed by atoms with Gasteiger partial charge >= 0.3 is 18.0 Å². The van der Waals surface area contributed by atoms with E-state index in [0.717, 1.165) is 0 Å². The second-order valence-electron chi connectivity index (χ2n) is 4.49. The van der Waals surface area contributed by atoms with Gasteiger partial charge in [0.05, 0.1) is 13.0 Å². The van der Waals surface area contributed by atoms with Gasteiger partial charge < -0.3 is 20.1 Å². The number of esters is 1. The van der Waals surface area contributed by atoms with Crippen molar-refractivity contribution in [1.29, 1.82) is 0 Å². The van der Waals surface area contributed by atoms with Crippen molar-refractivity contribution in [2.24, 2.45) is 5.92 Å². The first-order valence-electron chi connectivity index (χ1n) is 6.19. The van der Waals surface area contributed by atoms with Gasteiger partial charge in [-0.2, -0.15) is 0 Å². The Morgan fingerprint density at radius 1 is 1.32 bits per heavy atom. The molecule has 0 saturated carbocycles. The molecule has 0 fully saturated rings. The zero-order valence-corrected chi connectivity index (χ0v) is 11.8. The Bertz CT molecular complexity index is 330. The van der Waals surface area contributed by atoms with Crippen molar-refractivity contribution in [3.05, 3.63) is 0 Å². The average Bonchev–Trinajstić information content (AvgIpc) is 2.32. The van der Waals surface area contributed by atoms with Crippen molar-refractivity contribution in [2.45, 2.75) is 33.2 Å². The number of hydrogen-bond acceptors (Lipinski definition) is 4. The predicted molar refractivity (Wildman–Crippen MR) is 68.7 cm³/mol. The number of aliphatic carboxylic acids is 1. The van der Waals surface area contributed by atoms with Crippen LogP contribution in [0.5, 0.6) is 0 Å². The van der Waals surface area contributed by atoms with Crippen molar-refractivity contribution in [1.82, 2.24) is 10.2 Å². The van der Waals surface area contributed by atoms with E-state index in [1.54, 1.807) is 20.8 Å². The third-order valence-electron chi connectivity index (χ3n) is 2.52. The molecule has 110 valence electrons. The standard InChI is InChI=1S/C12H22N2O5/c1-5-19-9(15)6-7-14(4)12(18)13-10(8(2)3)11(16)17/h8,10H,5-7H2,1-4H3,(H,13,18)(H,16,17). The summed E-state index contributed by atoms with van der Waals surface area (Å²) in [4.78, 5) is 35.1. The first-order valence-corrected chi connectivity index (χ1v) is 6.19. The number of amides is 2. The molecule has 2 N–H and O–H groups in total. The summed E-state index contributed by atoms with van der Waals surface area (Å²) >= 11 is 0. The summed E-state index contributed by atoms with van der Waals surface area (Å²) in [6.07, 6.45) is 0.0805. The molecule has 7 nitrogen and oxygen atoms in total. The second kappa shape index (κ2) is 8.34. The minimum absolute atomic E-state index is 0.0805. The van der Waals surface area contributed by atoms with E-state index in [2.05, 4.69) is 5.32 Å². The van der Waals surface area contributed by atoms with Gasteiger partial charge in [0.1, 0.15) is 6.04 Å². The molecule has 0 saturated heterocycles. The number of rotatable bonds is 7. The topological polar surface area (TPSA) is 95.9 Å². The van der Waals surface area contributed by atoms with Crippen molar-refractivity contribution in [3.63, 3.8) is 0 Å². The maximum Gasteiger partial charge on any atom is 0.326 e. The lowest BCUT2D eigenvalue weighted by Crippen LogP contribution is -2.49. The predicted octanol–water partition coefficient (Wildman–Crippen LogP) is 0.690. The molecule has 2 amide bonds. The maximum atomic E-state index is 11.7. The van der Waals surface area contributed by atoms with Crippen molar-refractivity contribution in [3.8, 4) is 0 Å². The van der Waals surface area contributed by atoms with E-state index in [-0.39, 0.29) is 24.9 Å². The Kier molecular flexibility index (Phi) is 7.55. The van der Waals surface area contributed by atoms with Gasteiger partial charge in [0.25, 0.3) is 0 Å². The van der Waals surface area contributed by atoms with E-state index in [9.17, 15) is 14.4 Å². The molecule has 19 heavy (non-hydrogen) atoms. The molecular weight excluding hydrogens is 252 g/mol. The molecule has 0 aromatic heterocycles. The summed E-state index contributed by atoms with van der Waals surface area (Å²) in [5, 5.41) is 11.4. The molecule has 0 aliphatic heterocycles. The number of carboxylic acids is 1. The highest BCUT2D eigenvalue weighted by Gasteiger charge is 2.24. The van der Waals surface area contributed by atoms with Gasteiger partial charge in [-0.25, -0.2) is 9.59 Å². The highest BCUT2D eigenvalue weighted by atomic mass is 16.5. The van der Waals surface area contributed by atoms with E-state index in [1.807, 2.05) is 0 Å². The molecule has 0 aliphatic carbocycles. The smallest absolute Gasteiger partial charge is 0.326 e. The van der Waals surface area contributed by atoms with Gasteiger partial charge in [0.15, 0.2) is 0 Å². The normalized spacial score (nSPS) is 11.8. The van der Waals surface area contributed by atoms with Crippen LogP contribution in [0.3, 0.4) is 0 Å². The fourth-order valence-electron chi connectivity index (χ4n) is 1.35. The zero-order valence-electron chi connectivity index (χ0n) is 11.8. The van der Waals surface area contributed by atoms with Crippen LogP contribution in [0.25, 0.3) is 0 Å². The molecule has 0 heterocycles. The average molecular weight is 274 g/mol. The van der Waals surface area contributed by atoms with Crippen LogP contribution in [0.2, 0.25) is 0 Å². The number of carbonyl (C=O) groups is 3. The van der Waals surface area contributed by atoms with Crippen LogP contribution in [-0.4, -0.2) is 54.2 Å². The molecule has 0 spiro atoms. The molecule has 1 unspecified atom stereocenters. The maximum absolute atomic E-state index is 11.7. The Morgan fingerprint density at radius 3 is 2.32 bits per heavy atom. The van der Waals surface area contributed by atoms with Crippen LogP contribution in [0, 0.1) is 5.92 Å². The summed E-state index contributed by atoms with van der Waals surface area (Å²) in [5.74, 6) is -1.69. The van der Waals surface area contributed by atoms with Crippen LogP contribution in [0.15, 0.2) is 0 Å². The minimum Gasteiger partial charge on any atom is -0.480 e. The second-order valence-corrected chi connectivity index (χ2v) is 4.49. The number of carbonyl (C=O) groups excluding carboxylic acids is 2. The number of nitrogens with one attached hydrogen (secondary N) is 1. The van der Waals surface area contributed by atoms with E-state index < -0.39 is 18.0 Å². The van der Waals surface area contributed by atoms with Gasteiger partial charge in [0, 0.05) is 13.6 Å². The van der Waals surface area contributed by atoms with Crippen LogP contribution in [0.1, 0.15) is 27.2 Å². The summed E-state index contributed by atoms with van der Waals surface area (Å²) in [6.45, 7) is 5.59. The lowest BCUT2D eigenvalue weighted by atomic mass is 10.1. The minimum atomic E-state index is -1.08. The number of ether oxygens (including phenoxy) is 1. The van der Waals surface area contributed by atoms with Gasteiger partial charge in [-0.05, 0) is 12.8 Å². The molecule has 0 aromatic carbocycles. The number of nitrogens with zero attached hydrogens (tertiary/aromatic N) is 1. The highest BCUT2D eigenvalue weighted by molar-refractivity contribution is 5.82. The Hall–Kier alpha value is -1.79. The number of urea groups is 1. The molecule has 0 rings (SSSR count). The van der Waals surface area contributed by atoms with E-state index in [4.69, 9.17) is 9.84 Å². The molecule has 0 aromatic rings. The largest absolute Gasteiger partial charge is 0.480 e. The quantitative estimate of drug-likeness (QED) is 0.666. The summed E-state index contributed by atoms with van der Waals surface area (Å²) in [7, 11) is 1.49. The monoisotopic (exact) mass is 274 g/mol. The Labute approximate surface area is 112 Å². The Morgan fingerprint density at radius 2 is 1.89 bits per heavy atom. The molecule has 0 aliphatic rings. The lowest BCUT2D eigenvalue weighted by molar-refractivity contribution is -0.143. The first kappa shape index (κ1) is 17.2. The van der Waals surface area contributed by atoms with Crippen molar-refractivity contribution in [2.75, 3.05) is 20.2 Å². The van der Waals surface area contributed by atoms with Crippen LogP contribution in [0.4, 0.5) is 4.79 Å². The fraction of sp³-hybridized carbons (Fsp3) is 0.750. The van der Waals surface area contributed by atoms with Gasteiger partial charge in [-0.15, -0.1) is 0 Å². The van der Waals surface area contributed by atoms with Crippen LogP contribution >= 0.6 is 0 Å². The summed E-state index contributed by atoms with van der Waals surface area (Å²) in [6, 6.07) is -1.47. The fourth-order valence-corrected chi connectivity index (χ4v) is 1.35. The molecule has 0 bridgehead atoms. The van der Waals surface area contributed by atoms with E-state index >= 15 is 0 Å². The van der Waals surface area contributed by atoms with Gasteiger partial charge in [0.2, 0.25) is 0 Å². The highest BCUT2D eigenvalue weighted by Crippen LogP contribution is 2.03. The number of carboxylic acid groups (broad SMARTS) is 1. The lowest BCUT2D eigenvalue weighted by Gasteiger charge is -2.23. The SMILES string of the molecule is CCOC(=O)CCN(C)C(=O)NC(C(=O)O)C(C)C. The number of hydrogen-bond donors (Lipinski definition) is 2. The summed E-state index contributed by atoms with van der Waals surface area (Å²) in [5.41, 5.74) is 0. The third kappa shape index (κ3) is 6.64. The van der Waals surface area contributed by atoms with Crippen molar-refractivity contribution < 1.29 is 24.2 Å². The molecule has 0 radical (unpaired) electrons. The van der Waals surface area contributed by atoms with Crippen LogP contribution < -0.4 is 5.32 Å². The Balaban J connectivity index is 4.26. The first-order chi connectivity index (χ1) is 8.79. The molecule has 1 atom stereocenters. The van der Waals surface area contributed by atoms with Gasteiger partial charge in [-0.1, -0.05) is 13.8 Å². The van der Waals surface area contributed by atoms with E-state index in [1.165, 1.54) is 11.9 Å². The van der Waals surface area contributed by atoms with Crippen molar-refractivity contribution >= 4 is 18.0 Å². The van der Waals surface area contributed by atoms with E-state index in [0.29, 0.717) is 6.61 Å².